The van der Waals surface area contributed by atoms with Crippen LogP contribution in [0, 0.1) is 12.8 Å². The van der Waals surface area contributed by atoms with E-state index in [1.807, 2.05) is 11.7 Å². The number of anilines is 1. The van der Waals surface area contributed by atoms with Crippen LogP contribution in [-0.4, -0.2) is 22.4 Å². The Balaban J connectivity index is 2.36. The van der Waals surface area contributed by atoms with Gasteiger partial charge in [-0.1, -0.05) is 26.7 Å². The Labute approximate surface area is 117 Å². The lowest BCUT2D eigenvalue weighted by atomic mass is 10.1. The molecule has 1 aromatic rings. The van der Waals surface area contributed by atoms with Crippen molar-refractivity contribution in [3.63, 3.8) is 0 Å². The molecule has 1 aliphatic carbocycles. The summed E-state index contributed by atoms with van der Waals surface area (Å²) < 4.78 is 2.03. The van der Waals surface area contributed by atoms with Gasteiger partial charge in [0.05, 0.1) is 5.69 Å². The molecule has 1 aliphatic rings. The largest absolute Gasteiger partial charge is 0.353 e. The van der Waals surface area contributed by atoms with Crippen LogP contribution in [0.1, 0.15) is 50.8 Å². The van der Waals surface area contributed by atoms with Crippen molar-refractivity contribution >= 4 is 5.82 Å². The van der Waals surface area contributed by atoms with E-state index in [-0.39, 0.29) is 0 Å². The standard InChI is InChI=1S/C15H28N4/c1-11(2)10-19(13-7-5-6-8-13)15-14(9-16)12(3)17-18(15)4/h11,13H,5-10,16H2,1-4H3. The molecule has 0 bridgehead atoms. The van der Waals surface area contributed by atoms with Gasteiger partial charge in [-0.15, -0.1) is 0 Å². The number of hydrogen-bond donors (Lipinski definition) is 1. The van der Waals surface area contributed by atoms with E-state index in [9.17, 15) is 0 Å². The molecule has 0 aromatic carbocycles. The van der Waals surface area contributed by atoms with Crippen LogP contribution in [0.5, 0.6) is 0 Å². The van der Waals surface area contributed by atoms with Gasteiger partial charge in [0, 0.05) is 31.7 Å². The Kier molecular flexibility index (Phi) is 4.50. The first-order valence-corrected chi connectivity index (χ1v) is 7.53. The van der Waals surface area contributed by atoms with E-state index < -0.39 is 0 Å². The molecule has 2 N–H and O–H groups in total. The fourth-order valence-corrected chi connectivity index (χ4v) is 3.31. The molecule has 19 heavy (non-hydrogen) atoms. The van der Waals surface area contributed by atoms with Gasteiger partial charge in [-0.3, -0.25) is 4.68 Å². The summed E-state index contributed by atoms with van der Waals surface area (Å²) in [6, 6.07) is 0.669. The van der Waals surface area contributed by atoms with Crippen molar-refractivity contribution in [3.05, 3.63) is 11.3 Å². The molecule has 108 valence electrons. The van der Waals surface area contributed by atoms with Crippen LogP contribution in [0.15, 0.2) is 0 Å². The molecule has 4 nitrogen and oxygen atoms in total. The SMILES string of the molecule is Cc1nn(C)c(N(CC(C)C)C2CCCC2)c1CN. The maximum Gasteiger partial charge on any atom is 0.131 e. The van der Waals surface area contributed by atoms with Gasteiger partial charge >= 0.3 is 0 Å². The monoisotopic (exact) mass is 264 g/mol. The minimum absolute atomic E-state index is 0.580. The topological polar surface area (TPSA) is 47.1 Å². The normalized spacial score (nSPS) is 16.5. The molecule has 0 aliphatic heterocycles. The summed E-state index contributed by atoms with van der Waals surface area (Å²) in [5.41, 5.74) is 8.25. The number of rotatable bonds is 5. The fourth-order valence-electron chi connectivity index (χ4n) is 3.31. The number of aromatic nitrogens is 2. The number of nitrogens with two attached hydrogens (primary N) is 1. The molecule has 0 spiro atoms. The zero-order chi connectivity index (χ0) is 14.0. The van der Waals surface area contributed by atoms with Gasteiger partial charge in [-0.05, 0) is 25.7 Å². The Morgan fingerprint density at radius 3 is 2.53 bits per heavy atom. The molecule has 4 heteroatoms. The lowest BCUT2D eigenvalue weighted by molar-refractivity contribution is 0.519. The molecule has 0 atom stereocenters. The van der Waals surface area contributed by atoms with Crippen LogP contribution < -0.4 is 10.6 Å². The minimum atomic E-state index is 0.580. The van der Waals surface area contributed by atoms with Crippen LogP contribution in [0.4, 0.5) is 5.82 Å². The summed E-state index contributed by atoms with van der Waals surface area (Å²) >= 11 is 0. The molecule has 1 fully saturated rings. The highest BCUT2D eigenvalue weighted by Crippen LogP contribution is 2.32. The summed E-state index contributed by atoms with van der Waals surface area (Å²) in [7, 11) is 2.05. The summed E-state index contributed by atoms with van der Waals surface area (Å²) in [5, 5.41) is 4.58. The number of nitrogens with zero attached hydrogens (tertiary/aromatic N) is 3. The fraction of sp³-hybridized carbons (Fsp3) is 0.800. The van der Waals surface area contributed by atoms with Gasteiger partial charge in [-0.2, -0.15) is 5.10 Å². The molecular formula is C15H28N4. The van der Waals surface area contributed by atoms with Crippen molar-refractivity contribution in [3.8, 4) is 0 Å². The quantitative estimate of drug-likeness (QED) is 0.889. The second-order valence-corrected chi connectivity index (χ2v) is 6.20. The molecular weight excluding hydrogens is 236 g/mol. The smallest absolute Gasteiger partial charge is 0.131 e. The average molecular weight is 264 g/mol. The highest BCUT2D eigenvalue weighted by atomic mass is 15.4. The van der Waals surface area contributed by atoms with E-state index >= 15 is 0 Å². The predicted octanol–water partition coefficient (Wildman–Crippen LogP) is 2.59. The van der Waals surface area contributed by atoms with E-state index in [1.54, 1.807) is 0 Å². The van der Waals surface area contributed by atoms with Crippen molar-refractivity contribution in [2.45, 2.75) is 59.0 Å². The third-order valence-electron chi connectivity index (χ3n) is 4.12. The summed E-state index contributed by atoms with van der Waals surface area (Å²) in [6.45, 7) is 8.31. The van der Waals surface area contributed by atoms with Crippen molar-refractivity contribution in [2.75, 3.05) is 11.4 Å². The van der Waals surface area contributed by atoms with Crippen LogP contribution in [-0.2, 0) is 13.6 Å². The third-order valence-corrected chi connectivity index (χ3v) is 4.12. The maximum absolute atomic E-state index is 5.95. The molecule has 2 rings (SSSR count). The summed E-state index contributed by atoms with van der Waals surface area (Å²) in [5.74, 6) is 1.90. The summed E-state index contributed by atoms with van der Waals surface area (Å²) in [4.78, 5) is 2.57. The molecule has 0 radical (unpaired) electrons. The van der Waals surface area contributed by atoms with E-state index in [0.29, 0.717) is 18.5 Å². The van der Waals surface area contributed by atoms with Crippen LogP contribution in [0.3, 0.4) is 0 Å². The van der Waals surface area contributed by atoms with E-state index in [2.05, 4.69) is 30.8 Å². The first kappa shape index (κ1) is 14.4. The van der Waals surface area contributed by atoms with Crippen molar-refractivity contribution < 1.29 is 0 Å². The van der Waals surface area contributed by atoms with E-state index in [0.717, 1.165) is 12.2 Å². The second kappa shape index (κ2) is 5.95. The predicted molar refractivity (Wildman–Crippen MR) is 80.3 cm³/mol. The Bertz CT molecular complexity index is 416. The van der Waals surface area contributed by atoms with Gasteiger partial charge in [-0.25, -0.2) is 0 Å². The molecule has 0 unspecified atom stereocenters. The Morgan fingerprint density at radius 1 is 1.37 bits per heavy atom. The molecule has 0 saturated heterocycles. The molecule has 1 saturated carbocycles. The van der Waals surface area contributed by atoms with Crippen molar-refractivity contribution in [2.24, 2.45) is 18.7 Å². The first-order chi connectivity index (χ1) is 9.04. The van der Waals surface area contributed by atoms with Crippen molar-refractivity contribution in [1.82, 2.24) is 9.78 Å². The van der Waals surface area contributed by atoms with Crippen molar-refractivity contribution in [1.29, 1.82) is 0 Å². The third kappa shape index (κ3) is 2.94. The number of aryl methyl sites for hydroxylation is 2. The van der Waals surface area contributed by atoms with Gasteiger partial charge in [0.15, 0.2) is 0 Å². The zero-order valence-corrected chi connectivity index (χ0v) is 12.8. The second-order valence-electron chi connectivity index (χ2n) is 6.20. The lowest BCUT2D eigenvalue weighted by Gasteiger charge is -2.33. The van der Waals surface area contributed by atoms with Gasteiger partial charge < -0.3 is 10.6 Å². The van der Waals surface area contributed by atoms with Crippen LogP contribution >= 0.6 is 0 Å². The van der Waals surface area contributed by atoms with Crippen LogP contribution in [0.2, 0.25) is 0 Å². The highest BCUT2D eigenvalue weighted by Gasteiger charge is 2.28. The molecule has 1 aromatic heterocycles. The van der Waals surface area contributed by atoms with E-state index in [4.69, 9.17) is 5.73 Å². The highest BCUT2D eigenvalue weighted by molar-refractivity contribution is 5.51. The van der Waals surface area contributed by atoms with Gasteiger partial charge in [0.25, 0.3) is 0 Å². The maximum atomic E-state index is 5.95. The van der Waals surface area contributed by atoms with Gasteiger partial charge in [0.2, 0.25) is 0 Å². The van der Waals surface area contributed by atoms with Gasteiger partial charge in [0.1, 0.15) is 5.82 Å². The zero-order valence-electron chi connectivity index (χ0n) is 12.8. The van der Waals surface area contributed by atoms with E-state index in [1.165, 1.54) is 37.1 Å². The molecule has 0 amide bonds. The number of hydrogen-bond acceptors (Lipinski definition) is 3. The average Bonchev–Trinajstić information content (AvgIpc) is 2.94. The minimum Gasteiger partial charge on any atom is -0.353 e. The Hall–Kier alpha value is -1.03. The lowest BCUT2D eigenvalue weighted by Crippen LogP contribution is -2.38. The summed E-state index contributed by atoms with van der Waals surface area (Å²) in [6.07, 6.45) is 5.32. The van der Waals surface area contributed by atoms with Crippen LogP contribution in [0.25, 0.3) is 0 Å². The Morgan fingerprint density at radius 2 is 2.00 bits per heavy atom. The first-order valence-electron chi connectivity index (χ1n) is 7.53. The molecule has 1 heterocycles.